The van der Waals surface area contributed by atoms with Crippen LogP contribution >= 0.6 is 0 Å². The average molecular weight is 582 g/mol. The number of anilines is 1. The molecule has 0 radical (unpaired) electrons. The minimum absolute atomic E-state index is 0.0296. The fourth-order valence-corrected chi connectivity index (χ4v) is 5.44. The van der Waals surface area contributed by atoms with Gasteiger partial charge in [0.15, 0.2) is 0 Å². The second kappa shape index (κ2) is 14.8. The van der Waals surface area contributed by atoms with Crippen molar-refractivity contribution in [3.05, 3.63) is 101 Å². The molecule has 0 aromatic heterocycles. The Bertz CT molecular complexity index is 1380. The normalized spacial score (nSPS) is 12.1. The second-order valence-electron chi connectivity index (χ2n) is 10.8. The summed E-state index contributed by atoms with van der Waals surface area (Å²) in [5.41, 5.74) is 3.13. The molecule has 0 unspecified atom stereocenters. The van der Waals surface area contributed by atoms with Crippen molar-refractivity contribution in [2.75, 3.05) is 23.7 Å². The monoisotopic (exact) mass is 581 g/mol. The molecule has 1 N–H and O–H groups in total. The van der Waals surface area contributed by atoms with Crippen LogP contribution in [0.5, 0.6) is 0 Å². The lowest BCUT2D eigenvalue weighted by Gasteiger charge is -2.32. The molecule has 1 atom stereocenters. The Morgan fingerprint density at radius 1 is 0.902 bits per heavy atom. The Kier molecular flexibility index (Phi) is 11.5. The van der Waals surface area contributed by atoms with Crippen molar-refractivity contribution in [3.8, 4) is 0 Å². The summed E-state index contributed by atoms with van der Waals surface area (Å²) >= 11 is 0. The third-order valence-electron chi connectivity index (χ3n) is 6.70. The quantitative estimate of drug-likeness (QED) is 0.287. The van der Waals surface area contributed by atoms with Crippen LogP contribution in [-0.2, 0) is 32.6 Å². The molecule has 3 rings (SSSR count). The van der Waals surface area contributed by atoms with Crippen molar-refractivity contribution in [3.63, 3.8) is 0 Å². The lowest BCUT2D eigenvalue weighted by molar-refractivity contribution is -0.141. The summed E-state index contributed by atoms with van der Waals surface area (Å²) in [7, 11) is -3.58. The number of hydrogen-bond acceptors (Lipinski definition) is 4. The summed E-state index contributed by atoms with van der Waals surface area (Å²) in [4.78, 5) is 28.9. The van der Waals surface area contributed by atoms with Crippen molar-refractivity contribution in [1.29, 1.82) is 0 Å². The van der Waals surface area contributed by atoms with E-state index in [1.54, 1.807) is 24.3 Å². The van der Waals surface area contributed by atoms with Crippen LogP contribution in [0.3, 0.4) is 0 Å². The smallest absolute Gasteiger partial charge is 0.243 e. The third-order valence-corrected chi connectivity index (χ3v) is 7.89. The summed E-state index contributed by atoms with van der Waals surface area (Å²) in [5.74, 6) is -0.719. The van der Waals surface area contributed by atoms with E-state index < -0.39 is 16.1 Å². The van der Waals surface area contributed by atoms with Crippen LogP contribution in [0.4, 0.5) is 10.1 Å². The zero-order chi connectivity index (χ0) is 30.0. The Hall–Kier alpha value is -3.72. The number of benzene rings is 3. The van der Waals surface area contributed by atoms with Gasteiger partial charge in [-0.15, -0.1) is 0 Å². The zero-order valence-electron chi connectivity index (χ0n) is 24.2. The van der Waals surface area contributed by atoms with Crippen LogP contribution in [0.2, 0.25) is 0 Å². The predicted octanol–water partition coefficient (Wildman–Crippen LogP) is 5.09. The fraction of sp³-hybridized carbons (Fsp3) is 0.375. The summed E-state index contributed by atoms with van der Waals surface area (Å²) in [5, 5.41) is 2.97. The first-order chi connectivity index (χ1) is 19.4. The van der Waals surface area contributed by atoms with E-state index in [1.807, 2.05) is 63.2 Å². The van der Waals surface area contributed by atoms with Gasteiger partial charge in [-0.2, -0.15) is 0 Å². The topological polar surface area (TPSA) is 86.8 Å². The van der Waals surface area contributed by atoms with Gasteiger partial charge in [-0.05, 0) is 54.7 Å². The van der Waals surface area contributed by atoms with Crippen molar-refractivity contribution in [1.82, 2.24) is 10.2 Å². The molecule has 0 aliphatic carbocycles. The van der Waals surface area contributed by atoms with Crippen molar-refractivity contribution >= 4 is 27.5 Å². The van der Waals surface area contributed by atoms with Crippen LogP contribution < -0.4 is 9.62 Å². The molecule has 41 heavy (non-hydrogen) atoms. The largest absolute Gasteiger partial charge is 0.354 e. The molecule has 0 bridgehead atoms. The highest BCUT2D eigenvalue weighted by molar-refractivity contribution is 7.92. The number of aryl methyl sites for hydroxylation is 1. The van der Waals surface area contributed by atoms with Gasteiger partial charge in [0.25, 0.3) is 0 Å². The van der Waals surface area contributed by atoms with Crippen LogP contribution in [0, 0.1) is 18.7 Å². The van der Waals surface area contributed by atoms with Crippen LogP contribution in [-0.4, -0.2) is 50.5 Å². The van der Waals surface area contributed by atoms with Gasteiger partial charge in [-0.25, -0.2) is 12.8 Å². The molecule has 3 aromatic carbocycles. The molecule has 0 aliphatic rings. The van der Waals surface area contributed by atoms with E-state index in [0.29, 0.717) is 24.2 Å². The van der Waals surface area contributed by atoms with E-state index in [-0.39, 0.29) is 49.5 Å². The van der Waals surface area contributed by atoms with Gasteiger partial charge in [0, 0.05) is 32.5 Å². The summed E-state index contributed by atoms with van der Waals surface area (Å²) in [6.07, 6.45) is 1.73. The molecule has 9 heteroatoms. The van der Waals surface area contributed by atoms with E-state index >= 15 is 0 Å². The molecular formula is C32H40FN3O4S. The molecule has 7 nitrogen and oxygen atoms in total. The fourth-order valence-electron chi connectivity index (χ4n) is 4.48. The number of halogens is 1. The van der Waals surface area contributed by atoms with Crippen molar-refractivity contribution in [2.45, 2.75) is 52.6 Å². The lowest BCUT2D eigenvalue weighted by atomic mass is 10.0. The number of amides is 2. The molecule has 0 heterocycles. The Labute approximate surface area is 243 Å². The number of hydrogen-bond donors (Lipinski definition) is 1. The molecule has 3 aromatic rings. The van der Waals surface area contributed by atoms with E-state index in [0.717, 1.165) is 17.4 Å². The standard InChI is InChI=1S/C32H40FN3O4S/c1-24(2)22-34-32(38)30(21-26-9-6-5-7-10-26)35(23-27-14-16-28(33)17-15-27)31(37)11-8-20-36(41(4,39)40)29-18-12-25(3)13-19-29/h5-7,9-10,12-19,24,30H,8,11,20-23H2,1-4H3,(H,34,38)/t30-/m0/s1. The summed E-state index contributed by atoms with van der Waals surface area (Å²) in [6, 6.07) is 21.7. The van der Waals surface area contributed by atoms with Gasteiger partial charge in [0.2, 0.25) is 21.8 Å². The van der Waals surface area contributed by atoms with E-state index in [9.17, 15) is 22.4 Å². The van der Waals surface area contributed by atoms with Gasteiger partial charge in [-0.1, -0.05) is 74.0 Å². The van der Waals surface area contributed by atoms with Crippen molar-refractivity contribution in [2.24, 2.45) is 5.92 Å². The van der Waals surface area contributed by atoms with Gasteiger partial charge in [0.1, 0.15) is 11.9 Å². The molecule has 0 spiro atoms. The molecule has 0 aliphatic heterocycles. The molecule has 0 saturated carbocycles. The first kappa shape index (κ1) is 31.8. The number of carbonyl (C=O) groups is 2. The lowest BCUT2D eigenvalue weighted by Crippen LogP contribution is -2.51. The maximum atomic E-state index is 13.8. The minimum Gasteiger partial charge on any atom is -0.354 e. The predicted molar refractivity (Wildman–Crippen MR) is 161 cm³/mol. The van der Waals surface area contributed by atoms with E-state index in [4.69, 9.17) is 0 Å². The van der Waals surface area contributed by atoms with Crippen LogP contribution in [0.25, 0.3) is 0 Å². The highest BCUT2D eigenvalue weighted by atomic mass is 32.2. The summed E-state index contributed by atoms with van der Waals surface area (Å²) in [6.45, 7) is 6.60. The molecular weight excluding hydrogens is 541 g/mol. The first-order valence-electron chi connectivity index (χ1n) is 13.8. The van der Waals surface area contributed by atoms with Crippen molar-refractivity contribution < 1.29 is 22.4 Å². The van der Waals surface area contributed by atoms with Crippen LogP contribution in [0.1, 0.15) is 43.4 Å². The molecule has 220 valence electrons. The molecule has 0 fully saturated rings. The highest BCUT2D eigenvalue weighted by Gasteiger charge is 2.30. The number of rotatable bonds is 14. The first-order valence-corrected chi connectivity index (χ1v) is 15.7. The SMILES string of the molecule is Cc1ccc(N(CCCC(=O)N(Cc2ccc(F)cc2)[C@@H](Cc2ccccc2)C(=O)NCC(C)C)S(C)(=O)=O)cc1. The second-order valence-corrected chi connectivity index (χ2v) is 12.7. The molecule has 2 amide bonds. The Morgan fingerprint density at radius 2 is 1.54 bits per heavy atom. The number of carbonyl (C=O) groups excluding carboxylic acids is 2. The minimum atomic E-state index is -3.58. The Morgan fingerprint density at radius 3 is 2.12 bits per heavy atom. The van der Waals surface area contributed by atoms with Gasteiger partial charge in [-0.3, -0.25) is 13.9 Å². The number of nitrogens with zero attached hydrogens (tertiary/aromatic N) is 2. The number of sulfonamides is 1. The average Bonchev–Trinajstić information content (AvgIpc) is 2.93. The van der Waals surface area contributed by atoms with Crippen LogP contribution in [0.15, 0.2) is 78.9 Å². The van der Waals surface area contributed by atoms with E-state index in [1.165, 1.54) is 21.3 Å². The maximum absolute atomic E-state index is 13.8. The molecule has 0 saturated heterocycles. The van der Waals surface area contributed by atoms with Gasteiger partial charge in [0.05, 0.1) is 11.9 Å². The van der Waals surface area contributed by atoms with E-state index in [2.05, 4.69) is 5.32 Å². The zero-order valence-corrected chi connectivity index (χ0v) is 25.0. The third kappa shape index (κ3) is 10.0. The summed E-state index contributed by atoms with van der Waals surface area (Å²) < 4.78 is 40.1. The van der Waals surface area contributed by atoms with Gasteiger partial charge < -0.3 is 10.2 Å². The van der Waals surface area contributed by atoms with Gasteiger partial charge >= 0.3 is 0 Å². The number of nitrogens with one attached hydrogen (secondary N) is 1. The Balaban J connectivity index is 1.87. The maximum Gasteiger partial charge on any atom is 0.243 e. The highest BCUT2D eigenvalue weighted by Crippen LogP contribution is 2.21.